The molecule has 0 atom stereocenters. The Morgan fingerprint density at radius 1 is 1.00 bits per heavy atom. The average Bonchev–Trinajstić information content (AvgIpc) is 3.47. The number of hydrogen-bond donors (Lipinski definition) is 1. The van der Waals surface area contributed by atoms with Crippen molar-refractivity contribution in [2.24, 2.45) is 0 Å². The summed E-state index contributed by atoms with van der Waals surface area (Å²) in [5.74, 6) is 1.94. The molecule has 0 aliphatic heterocycles. The Hall–Kier alpha value is -3.71. The fourth-order valence-corrected chi connectivity index (χ4v) is 3.35. The molecule has 144 valence electrons. The molecule has 0 bridgehead atoms. The lowest BCUT2D eigenvalue weighted by Crippen LogP contribution is -2.17. The fraction of sp³-hybridized carbons (Fsp3) is 0.136. The first kappa shape index (κ1) is 17.4. The van der Waals surface area contributed by atoms with Crippen LogP contribution in [0.2, 0.25) is 0 Å². The molecule has 5 aromatic rings. The lowest BCUT2D eigenvalue weighted by Gasteiger charge is -2.13. The third-order valence-corrected chi connectivity index (χ3v) is 4.74. The average molecular weight is 385 g/mol. The summed E-state index contributed by atoms with van der Waals surface area (Å²) in [6.07, 6.45) is 1.82. The number of nitrogens with one attached hydrogen (secondary N) is 1. The van der Waals surface area contributed by atoms with Gasteiger partial charge in [0.25, 0.3) is 0 Å². The molecule has 2 aromatic carbocycles. The molecule has 1 N–H and O–H groups in total. The number of rotatable bonds is 6. The fourth-order valence-electron chi connectivity index (χ4n) is 3.35. The standard InChI is InChI=1S/C22H19N5O2/c1-27(14-20-24-22(26-29-20)15-7-3-2-4-8-15)13-17-12-23-25-21(17)19-11-16-9-5-6-10-18(16)28-19/h2-12H,13-14H2,1H3,(H,23,25). The third kappa shape index (κ3) is 3.55. The zero-order valence-corrected chi connectivity index (χ0v) is 15.9. The molecule has 0 saturated carbocycles. The van der Waals surface area contributed by atoms with E-state index in [1.165, 1.54) is 0 Å². The number of para-hydroxylation sites is 1. The van der Waals surface area contributed by atoms with Crippen molar-refractivity contribution in [3.63, 3.8) is 0 Å². The Morgan fingerprint density at radius 3 is 2.69 bits per heavy atom. The lowest BCUT2D eigenvalue weighted by molar-refractivity contribution is 0.261. The molecule has 0 aliphatic carbocycles. The SMILES string of the molecule is CN(Cc1nc(-c2ccccc2)no1)Cc1cn[nH]c1-c1cc2ccccc2o1. The van der Waals surface area contributed by atoms with E-state index in [0.717, 1.165) is 33.6 Å². The first-order valence-corrected chi connectivity index (χ1v) is 9.34. The molecule has 3 heterocycles. The summed E-state index contributed by atoms with van der Waals surface area (Å²) in [4.78, 5) is 6.59. The van der Waals surface area contributed by atoms with Gasteiger partial charge in [-0.25, -0.2) is 0 Å². The van der Waals surface area contributed by atoms with E-state index in [2.05, 4.69) is 25.2 Å². The summed E-state index contributed by atoms with van der Waals surface area (Å²) in [6, 6.07) is 19.8. The van der Waals surface area contributed by atoms with Gasteiger partial charge in [0.2, 0.25) is 11.7 Å². The first-order valence-electron chi connectivity index (χ1n) is 9.34. The molecular weight excluding hydrogens is 366 g/mol. The molecule has 0 fully saturated rings. The minimum absolute atomic E-state index is 0.532. The molecule has 0 radical (unpaired) electrons. The van der Waals surface area contributed by atoms with Crippen molar-refractivity contribution in [3.05, 3.63) is 78.3 Å². The summed E-state index contributed by atoms with van der Waals surface area (Å²) in [7, 11) is 2.00. The van der Waals surface area contributed by atoms with Gasteiger partial charge in [0, 0.05) is 23.1 Å². The molecular formula is C22H19N5O2. The van der Waals surface area contributed by atoms with Crippen molar-refractivity contribution in [2.45, 2.75) is 13.1 Å². The Balaban J connectivity index is 1.31. The zero-order chi connectivity index (χ0) is 19.6. The van der Waals surface area contributed by atoms with Crippen LogP contribution >= 0.6 is 0 Å². The number of hydrogen-bond acceptors (Lipinski definition) is 6. The van der Waals surface area contributed by atoms with Gasteiger partial charge in [-0.15, -0.1) is 0 Å². The lowest BCUT2D eigenvalue weighted by atomic mass is 10.2. The summed E-state index contributed by atoms with van der Waals surface area (Å²) in [5.41, 5.74) is 3.71. The highest BCUT2D eigenvalue weighted by molar-refractivity contribution is 5.82. The van der Waals surface area contributed by atoms with Crippen molar-refractivity contribution in [3.8, 4) is 22.8 Å². The summed E-state index contributed by atoms with van der Waals surface area (Å²) < 4.78 is 11.4. The Labute approximate surface area is 167 Å². The van der Waals surface area contributed by atoms with Gasteiger partial charge in [0.05, 0.1) is 12.7 Å². The van der Waals surface area contributed by atoms with Gasteiger partial charge in [0.1, 0.15) is 11.3 Å². The smallest absolute Gasteiger partial charge is 0.241 e. The van der Waals surface area contributed by atoms with Gasteiger partial charge < -0.3 is 8.94 Å². The number of aromatic nitrogens is 4. The van der Waals surface area contributed by atoms with Crippen LogP contribution in [-0.4, -0.2) is 32.3 Å². The van der Waals surface area contributed by atoms with E-state index < -0.39 is 0 Å². The summed E-state index contributed by atoms with van der Waals surface area (Å²) in [6.45, 7) is 1.19. The van der Waals surface area contributed by atoms with Crippen LogP contribution < -0.4 is 0 Å². The second-order valence-corrected chi connectivity index (χ2v) is 6.97. The van der Waals surface area contributed by atoms with Crippen LogP contribution in [0.1, 0.15) is 11.5 Å². The van der Waals surface area contributed by atoms with E-state index in [9.17, 15) is 0 Å². The van der Waals surface area contributed by atoms with E-state index in [-0.39, 0.29) is 0 Å². The molecule has 0 spiro atoms. The Bertz CT molecular complexity index is 1210. The predicted molar refractivity (Wildman–Crippen MR) is 109 cm³/mol. The first-order chi connectivity index (χ1) is 14.3. The van der Waals surface area contributed by atoms with E-state index in [0.29, 0.717) is 24.8 Å². The summed E-state index contributed by atoms with van der Waals surface area (Å²) in [5, 5.41) is 12.4. The van der Waals surface area contributed by atoms with Crippen LogP contribution in [0.25, 0.3) is 33.8 Å². The van der Waals surface area contributed by atoms with Gasteiger partial charge in [0.15, 0.2) is 5.76 Å². The number of benzene rings is 2. The van der Waals surface area contributed by atoms with Gasteiger partial charge in [-0.2, -0.15) is 10.1 Å². The molecule has 0 unspecified atom stereocenters. The van der Waals surface area contributed by atoms with Crippen molar-refractivity contribution in [2.75, 3.05) is 7.05 Å². The van der Waals surface area contributed by atoms with Crippen molar-refractivity contribution in [1.29, 1.82) is 0 Å². The molecule has 7 heteroatoms. The topological polar surface area (TPSA) is 84.0 Å². The molecule has 3 aromatic heterocycles. The minimum Gasteiger partial charge on any atom is -0.454 e. The minimum atomic E-state index is 0.532. The molecule has 7 nitrogen and oxygen atoms in total. The zero-order valence-electron chi connectivity index (χ0n) is 15.9. The Morgan fingerprint density at radius 2 is 1.83 bits per heavy atom. The van der Waals surface area contributed by atoms with Crippen LogP contribution in [-0.2, 0) is 13.1 Å². The number of aromatic amines is 1. The van der Waals surface area contributed by atoms with Crippen molar-refractivity contribution in [1.82, 2.24) is 25.2 Å². The van der Waals surface area contributed by atoms with Crippen LogP contribution in [0, 0.1) is 0 Å². The highest BCUT2D eigenvalue weighted by Gasteiger charge is 2.16. The maximum Gasteiger partial charge on any atom is 0.241 e. The molecule has 29 heavy (non-hydrogen) atoms. The van der Waals surface area contributed by atoms with Crippen LogP contribution in [0.3, 0.4) is 0 Å². The number of H-pyrrole nitrogens is 1. The largest absolute Gasteiger partial charge is 0.454 e. The second kappa shape index (κ2) is 7.37. The number of nitrogens with zero attached hydrogens (tertiary/aromatic N) is 4. The normalized spacial score (nSPS) is 11.5. The van der Waals surface area contributed by atoms with Crippen LogP contribution in [0.5, 0.6) is 0 Å². The third-order valence-electron chi connectivity index (χ3n) is 4.74. The monoisotopic (exact) mass is 385 g/mol. The number of fused-ring (bicyclic) bond motifs is 1. The van der Waals surface area contributed by atoms with Gasteiger partial charge in [-0.1, -0.05) is 53.7 Å². The molecule has 5 rings (SSSR count). The van der Waals surface area contributed by atoms with Gasteiger partial charge in [-0.05, 0) is 19.2 Å². The molecule has 0 aliphatic rings. The highest BCUT2D eigenvalue weighted by Crippen LogP contribution is 2.29. The Kier molecular flexibility index (Phi) is 4.42. The maximum absolute atomic E-state index is 5.97. The quantitative estimate of drug-likeness (QED) is 0.463. The van der Waals surface area contributed by atoms with Crippen molar-refractivity contribution < 1.29 is 8.94 Å². The van der Waals surface area contributed by atoms with E-state index in [4.69, 9.17) is 8.94 Å². The van der Waals surface area contributed by atoms with Crippen molar-refractivity contribution >= 4 is 11.0 Å². The van der Waals surface area contributed by atoms with Gasteiger partial charge in [-0.3, -0.25) is 10.00 Å². The second-order valence-electron chi connectivity index (χ2n) is 6.97. The molecule has 0 amide bonds. The van der Waals surface area contributed by atoms with E-state index in [1.54, 1.807) is 0 Å². The van der Waals surface area contributed by atoms with E-state index in [1.807, 2.05) is 73.9 Å². The van der Waals surface area contributed by atoms with Crippen LogP contribution in [0.4, 0.5) is 0 Å². The highest BCUT2D eigenvalue weighted by atomic mass is 16.5. The van der Waals surface area contributed by atoms with E-state index >= 15 is 0 Å². The maximum atomic E-state index is 5.97. The summed E-state index contributed by atoms with van der Waals surface area (Å²) >= 11 is 0. The molecule has 0 saturated heterocycles. The predicted octanol–water partition coefficient (Wildman–Crippen LogP) is 4.50. The number of furan rings is 1. The van der Waals surface area contributed by atoms with Crippen LogP contribution in [0.15, 0.2) is 75.8 Å². The van der Waals surface area contributed by atoms with Gasteiger partial charge >= 0.3 is 0 Å².